The average molecular weight is 203 g/mol. The minimum atomic E-state index is -2.33. The van der Waals surface area contributed by atoms with Gasteiger partial charge in [-0.1, -0.05) is 13.8 Å². The Kier molecular flexibility index (Phi) is 4.00. The fourth-order valence-electron chi connectivity index (χ4n) is 1.12. The summed E-state index contributed by atoms with van der Waals surface area (Å²) in [6.45, 7) is 4.31. The molecule has 0 amide bonds. The van der Waals surface area contributed by atoms with E-state index in [1.807, 2.05) is 13.8 Å². The lowest BCUT2D eigenvalue weighted by Crippen LogP contribution is -2.24. The van der Waals surface area contributed by atoms with Crippen molar-refractivity contribution in [3.8, 4) is 0 Å². The molecular formula is C9H15F2N3. The molecule has 0 aliphatic carbocycles. The van der Waals surface area contributed by atoms with Gasteiger partial charge >= 0.3 is 0 Å². The molecule has 0 spiro atoms. The molecule has 0 fully saturated rings. The van der Waals surface area contributed by atoms with Gasteiger partial charge in [-0.25, -0.2) is 13.8 Å². The first-order valence-corrected chi connectivity index (χ1v) is 4.60. The van der Waals surface area contributed by atoms with E-state index in [-0.39, 0.29) is 6.54 Å². The molecule has 0 aliphatic heterocycles. The molecule has 1 aromatic rings. The van der Waals surface area contributed by atoms with Crippen LogP contribution in [0.4, 0.5) is 8.78 Å². The van der Waals surface area contributed by atoms with Crippen molar-refractivity contribution in [3.05, 3.63) is 18.2 Å². The number of aromatic nitrogens is 2. The van der Waals surface area contributed by atoms with Crippen molar-refractivity contribution < 1.29 is 8.78 Å². The number of imidazole rings is 1. The maximum atomic E-state index is 12.1. The van der Waals surface area contributed by atoms with Crippen LogP contribution in [0.15, 0.2) is 12.5 Å². The van der Waals surface area contributed by atoms with Crippen molar-refractivity contribution in [2.75, 3.05) is 0 Å². The molecule has 0 aliphatic rings. The lowest BCUT2D eigenvalue weighted by Gasteiger charge is -2.10. The molecule has 0 saturated heterocycles. The van der Waals surface area contributed by atoms with E-state index in [1.54, 1.807) is 6.20 Å². The Labute approximate surface area is 82.1 Å². The second kappa shape index (κ2) is 5.05. The van der Waals surface area contributed by atoms with Gasteiger partial charge in [0.1, 0.15) is 0 Å². The fraction of sp³-hybridized carbons (Fsp3) is 0.667. The molecule has 0 atom stereocenters. The number of halogens is 2. The van der Waals surface area contributed by atoms with Gasteiger partial charge in [0.05, 0.1) is 18.6 Å². The molecule has 0 radical (unpaired) electrons. The summed E-state index contributed by atoms with van der Waals surface area (Å²) >= 11 is 0. The van der Waals surface area contributed by atoms with Crippen LogP contribution in [0.1, 0.15) is 19.5 Å². The van der Waals surface area contributed by atoms with Gasteiger partial charge in [-0.15, -0.1) is 0 Å². The smallest absolute Gasteiger partial charge is 0.256 e. The van der Waals surface area contributed by atoms with Crippen LogP contribution in [0.25, 0.3) is 0 Å². The molecule has 0 aromatic carbocycles. The molecular weight excluding hydrogens is 188 g/mol. The highest BCUT2D eigenvalue weighted by molar-refractivity contribution is 4.98. The fourth-order valence-corrected chi connectivity index (χ4v) is 1.12. The Morgan fingerprint density at radius 3 is 2.79 bits per heavy atom. The first kappa shape index (κ1) is 11.1. The Morgan fingerprint density at radius 1 is 1.50 bits per heavy atom. The number of nitrogens with one attached hydrogen (secondary N) is 1. The van der Waals surface area contributed by atoms with Crippen molar-refractivity contribution >= 4 is 0 Å². The van der Waals surface area contributed by atoms with E-state index in [4.69, 9.17) is 0 Å². The second-order valence-electron chi connectivity index (χ2n) is 3.46. The molecule has 0 saturated carbocycles. The minimum Gasteiger partial charge on any atom is -0.328 e. The van der Waals surface area contributed by atoms with Crippen LogP contribution >= 0.6 is 0 Å². The summed E-state index contributed by atoms with van der Waals surface area (Å²) in [6, 6.07) is 0.338. The van der Waals surface area contributed by atoms with E-state index in [1.165, 1.54) is 10.9 Å². The predicted molar refractivity (Wildman–Crippen MR) is 50.2 cm³/mol. The van der Waals surface area contributed by atoms with Gasteiger partial charge in [-0.2, -0.15) is 0 Å². The van der Waals surface area contributed by atoms with E-state index >= 15 is 0 Å². The second-order valence-corrected chi connectivity index (χ2v) is 3.46. The van der Waals surface area contributed by atoms with Crippen molar-refractivity contribution in [3.63, 3.8) is 0 Å². The van der Waals surface area contributed by atoms with E-state index < -0.39 is 6.43 Å². The number of rotatable bonds is 5. The Bertz CT molecular complexity index is 271. The van der Waals surface area contributed by atoms with Gasteiger partial charge in [0.15, 0.2) is 0 Å². The van der Waals surface area contributed by atoms with Crippen LogP contribution in [-0.4, -0.2) is 22.0 Å². The molecule has 80 valence electrons. The third kappa shape index (κ3) is 3.41. The van der Waals surface area contributed by atoms with Gasteiger partial charge in [-0.3, -0.25) is 0 Å². The van der Waals surface area contributed by atoms with Crippen LogP contribution in [0.3, 0.4) is 0 Å². The van der Waals surface area contributed by atoms with Crippen molar-refractivity contribution in [1.82, 2.24) is 14.9 Å². The zero-order valence-corrected chi connectivity index (χ0v) is 8.37. The van der Waals surface area contributed by atoms with Crippen molar-refractivity contribution in [2.24, 2.45) is 0 Å². The lowest BCUT2D eigenvalue weighted by molar-refractivity contribution is 0.125. The summed E-state index contributed by atoms with van der Waals surface area (Å²) in [4.78, 5) is 3.84. The molecule has 14 heavy (non-hydrogen) atoms. The first-order valence-electron chi connectivity index (χ1n) is 4.60. The van der Waals surface area contributed by atoms with Crippen molar-refractivity contribution in [1.29, 1.82) is 0 Å². The molecule has 0 bridgehead atoms. The number of hydrogen-bond donors (Lipinski definition) is 1. The SMILES string of the molecule is CC(C)NCc1cncn1CC(F)F. The summed E-state index contributed by atoms with van der Waals surface area (Å²) in [7, 11) is 0. The van der Waals surface area contributed by atoms with Crippen LogP contribution in [0, 0.1) is 0 Å². The summed E-state index contributed by atoms with van der Waals surface area (Å²) in [6.07, 6.45) is 0.711. The number of hydrogen-bond acceptors (Lipinski definition) is 2. The van der Waals surface area contributed by atoms with Crippen LogP contribution in [-0.2, 0) is 13.1 Å². The summed E-state index contributed by atoms with van der Waals surface area (Å²) in [5.41, 5.74) is 0.791. The van der Waals surface area contributed by atoms with Crippen LogP contribution in [0.5, 0.6) is 0 Å². The Morgan fingerprint density at radius 2 is 2.21 bits per heavy atom. The van der Waals surface area contributed by atoms with E-state index in [2.05, 4.69) is 10.3 Å². The molecule has 0 unspecified atom stereocenters. The highest BCUT2D eigenvalue weighted by Gasteiger charge is 2.08. The van der Waals surface area contributed by atoms with Gasteiger partial charge in [-0.05, 0) is 0 Å². The third-order valence-corrected chi connectivity index (χ3v) is 1.82. The van der Waals surface area contributed by atoms with E-state index in [9.17, 15) is 8.78 Å². The van der Waals surface area contributed by atoms with Gasteiger partial charge in [0.25, 0.3) is 6.43 Å². The number of alkyl halides is 2. The normalized spacial score (nSPS) is 11.6. The molecule has 5 heteroatoms. The van der Waals surface area contributed by atoms with Crippen LogP contribution in [0.2, 0.25) is 0 Å². The lowest BCUT2D eigenvalue weighted by atomic mass is 10.3. The molecule has 3 nitrogen and oxygen atoms in total. The van der Waals surface area contributed by atoms with E-state index in [0.717, 1.165) is 5.69 Å². The first-order chi connectivity index (χ1) is 6.59. The summed E-state index contributed by atoms with van der Waals surface area (Å²) in [5, 5.41) is 3.16. The maximum absolute atomic E-state index is 12.1. The third-order valence-electron chi connectivity index (χ3n) is 1.82. The molecule has 1 heterocycles. The monoisotopic (exact) mass is 203 g/mol. The highest BCUT2D eigenvalue weighted by Crippen LogP contribution is 2.04. The molecule has 1 rings (SSSR count). The summed E-state index contributed by atoms with van der Waals surface area (Å²) in [5.74, 6) is 0. The predicted octanol–water partition coefficient (Wildman–Crippen LogP) is 1.65. The standard InChI is InChI=1S/C9H15F2N3/c1-7(2)13-4-8-3-12-6-14(8)5-9(10)11/h3,6-7,9,13H,4-5H2,1-2H3. The topological polar surface area (TPSA) is 29.9 Å². The zero-order valence-electron chi connectivity index (χ0n) is 8.37. The van der Waals surface area contributed by atoms with Crippen LogP contribution < -0.4 is 5.32 Å². The quantitative estimate of drug-likeness (QED) is 0.788. The Hall–Kier alpha value is -0.970. The van der Waals surface area contributed by atoms with Gasteiger partial charge in [0.2, 0.25) is 0 Å². The van der Waals surface area contributed by atoms with Crippen molar-refractivity contribution in [2.45, 2.75) is 39.4 Å². The molecule has 1 aromatic heterocycles. The summed E-state index contributed by atoms with van der Waals surface area (Å²) < 4.78 is 25.7. The largest absolute Gasteiger partial charge is 0.328 e. The highest BCUT2D eigenvalue weighted by atomic mass is 19.3. The molecule has 1 N–H and O–H groups in total. The maximum Gasteiger partial charge on any atom is 0.256 e. The number of nitrogens with zero attached hydrogens (tertiary/aromatic N) is 2. The van der Waals surface area contributed by atoms with Gasteiger partial charge in [0, 0.05) is 18.8 Å². The Balaban J connectivity index is 2.53. The zero-order chi connectivity index (χ0) is 10.6. The average Bonchev–Trinajstić information content (AvgIpc) is 2.47. The minimum absolute atomic E-state index is 0.283. The van der Waals surface area contributed by atoms with Gasteiger partial charge < -0.3 is 9.88 Å². The van der Waals surface area contributed by atoms with E-state index in [0.29, 0.717) is 12.6 Å².